The number of rotatable bonds is 11. The Hall–Kier alpha value is -4.16. The normalized spacial score (nSPS) is 10.9. The third-order valence-electron chi connectivity index (χ3n) is 5.76. The second kappa shape index (κ2) is 11.8. The van der Waals surface area contributed by atoms with Crippen molar-refractivity contribution < 1.29 is 14.6 Å². The van der Waals surface area contributed by atoms with E-state index in [0.717, 1.165) is 16.7 Å². The molecule has 0 aliphatic carbocycles. The molecule has 6 heteroatoms. The first-order valence-electron chi connectivity index (χ1n) is 11.6. The van der Waals surface area contributed by atoms with Gasteiger partial charge in [-0.2, -0.15) is 0 Å². The first-order chi connectivity index (χ1) is 17.1. The predicted molar refractivity (Wildman–Crippen MR) is 136 cm³/mol. The lowest BCUT2D eigenvalue weighted by atomic mass is 9.85. The van der Waals surface area contributed by atoms with E-state index in [4.69, 9.17) is 9.84 Å². The van der Waals surface area contributed by atoms with E-state index in [9.17, 15) is 9.59 Å². The molecule has 4 rings (SSSR count). The van der Waals surface area contributed by atoms with Gasteiger partial charge in [0, 0.05) is 24.2 Å². The number of aliphatic carboxylic acids is 1. The lowest BCUT2D eigenvalue weighted by molar-refractivity contribution is -0.139. The van der Waals surface area contributed by atoms with Crippen LogP contribution in [0, 0.1) is 0 Å². The second-order valence-corrected chi connectivity index (χ2v) is 8.30. The summed E-state index contributed by atoms with van der Waals surface area (Å²) in [6.45, 7) is 0.829. The van der Waals surface area contributed by atoms with Gasteiger partial charge in [-0.1, -0.05) is 72.8 Å². The van der Waals surface area contributed by atoms with Crippen molar-refractivity contribution in [2.75, 3.05) is 13.2 Å². The highest BCUT2D eigenvalue weighted by Gasteiger charge is 2.17. The summed E-state index contributed by atoms with van der Waals surface area (Å²) in [5.74, 6) is -0.471. The Morgan fingerprint density at radius 2 is 1.57 bits per heavy atom. The third-order valence-corrected chi connectivity index (χ3v) is 5.76. The molecular formula is C29H28N2O4. The summed E-state index contributed by atoms with van der Waals surface area (Å²) in [6, 6.07) is 29.9. The van der Waals surface area contributed by atoms with E-state index in [1.807, 2.05) is 66.9 Å². The van der Waals surface area contributed by atoms with Gasteiger partial charge in [0.2, 0.25) is 0 Å². The highest BCUT2D eigenvalue weighted by atomic mass is 16.5. The Labute approximate surface area is 204 Å². The Morgan fingerprint density at radius 3 is 2.23 bits per heavy atom. The fourth-order valence-electron chi connectivity index (χ4n) is 4.12. The second-order valence-electron chi connectivity index (χ2n) is 8.30. The fourth-order valence-corrected chi connectivity index (χ4v) is 4.12. The number of ether oxygens (including phenoxy) is 1. The number of carboxylic acid groups (broad SMARTS) is 1. The van der Waals surface area contributed by atoms with Crippen LogP contribution in [0.25, 0.3) is 0 Å². The van der Waals surface area contributed by atoms with Gasteiger partial charge in [0.15, 0.2) is 6.61 Å². The maximum atomic E-state index is 12.6. The topological polar surface area (TPSA) is 91.4 Å². The molecule has 0 unspecified atom stereocenters. The Balaban J connectivity index is 1.44. The van der Waals surface area contributed by atoms with Crippen LogP contribution in [0.1, 0.15) is 33.7 Å². The third kappa shape index (κ3) is 6.68. The van der Waals surface area contributed by atoms with Gasteiger partial charge >= 0.3 is 5.97 Å². The zero-order valence-corrected chi connectivity index (χ0v) is 19.3. The quantitative estimate of drug-likeness (QED) is 0.285. The minimum absolute atomic E-state index is 0.0227. The van der Waals surface area contributed by atoms with Crippen molar-refractivity contribution in [2.45, 2.75) is 18.9 Å². The molecule has 0 bridgehead atoms. The predicted octanol–water partition coefficient (Wildman–Crippen LogP) is 4.35. The summed E-state index contributed by atoms with van der Waals surface area (Å²) in [6.07, 6.45) is 2.39. The largest absolute Gasteiger partial charge is 0.482 e. The molecule has 0 amide bonds. The number of benzene rings is 3. The van der Waals surface area contributed by atoms with Crippen molar-refractivity contribution in [3.63, 3.8) is 0 Å². The van der Waals surface area contributed by atoms with Crippen LogP contribution in [0.15, 0.2) is 102 Å². The minimum atomic E-state index is -1.01. The van der Waals surface area contributed by atoms with Gasteiger partial charge in [0.05, 0.1) is 0 Å². The molecule has 35 heavy (non-hydrogen) atoms. The molecule has 6 nitrogen and oxygen atoms in total. The number of hydrogen-bond acceptors (Lipinski definition) is 4. The minimum Gasteiger partial charge on any atom is -0.482 e. The lowest BCUT2D eigenvalue weighted by Gasteiger charge is -2.19. The van der Waals surface area contributed by atoms with Crippen molar-refractivity contribution in [2.24, 2.45) is 0 Å². The number of carbonyl (C=O) groups is 1. The van der Waals surface area contributed by atoms with Crippen molar-refractivity contribution >= 4 is 5.97 Å². The van der Waals surface area contributed by atoms with E-state index in [2.05, 4.69) is 34.6 Å². The van der Waals surface area contributed by atoms with Gasteiger partial charge in [-0.05, 0) is 53.4 Å². The van der Waals surface area contributed by atoms with Crippen molar-refractivity contribution in [3.8, 4) is 5.75 Å². The van der Waals surface area contributed by atoms with Crippen LogP contribution in [0.5, 0.6) is 5.75 Å². The van der Waals surface area contributed by atoms with Crippen LogP contribution in [0.2, 0.25) is 0 Å². The highest BCUT2D eigenvalue weighted by molar-refractivity contribution is 5.68. The molecule has 178 valence electrons. The van der Waals surface area contributed by atoms with Crippen LogP contribution in [0.4, 0.5) is 0 Å². The van der Waals surface area contributed by atoms with Crippen LogP contribution in [-0.4, -0.2) is 29.2 Å². The summed E-state index contributed by atoms with van der Waals surface area (Å²) in [4.78, 5) is 26.2. The maximum absolute atomic E-state index is 12.6. The van der Waals surface area contributed by atoms with E-state index in [0.29, 0.717) is 25.3 Å². The molecule has 0 fully saturated rings. The Kier molecular flexibility index (Phi) is 8.09. The lowest BCUT2D eigenvalue weighted by Crippen LogP contribution is -2.22. The van der Waals surface area contributed by atoms with E-state index in [1.165, 1.54) is 11.1 Å². The smallest absolute Gasteiger partial charge is 0.341 e. The van der Waals surface area contributed by atoms with Crippen LogP contribution < -0.4 is 15.6 Å². The molecular weight excluding hydrogens is 440 g/mol. The van der Waals surface area contributed by atoms with Gasteiger partial charge in [-0.15, -0.1) is 0 Å². The molecule has 0 radical (unpaired) electrons. The first-order valence-corrected chi connectivity index (χ1v) is 11.6. The Bertz CT molecular complexity index is 1260. The molecule has 0 aliphatic rings. The van der Waals surface area contributed by atoms with Crippen molar-refractivity contribution in [3.05, 3.63) is 135 Å². The van der Waals surface area contributed by atoms with Gasteiger partial charge in [-0.25, -0.2) is 4.79 Å². The maximum Gasteiger partial charge on any atom is 0.341 e. The molecule has 0 aliphatic heterocycles. The summed E-state index contributed by atoms with van der Waals surface area (Å²) in [5, 5.41) is 12.1. The molecule has 3 N–H and O–H groups in total. The SMILES string of the molecule is O=C(O)COc1cccc(CNCCc2cc(C(c3ccccc3)c3ccccc3)c[nH]c2=O)c1. The molecule has 0 atom stereocenters. The van der Waals surface area contributed by atoms with Crippen LogP contribution in [-0.2, 0) is 17.8 Å². The Morgan fingerprint density at radius 1 is 0.886 bits per heavy atom. The molecule has 0 spiro atoms. The number of aromatic nitrogens is 1. The van der Waals surface area contributed by atoms with E-state index >= 15 is 0 Å². The van der Waals surface area contributed by atoms with Gasteiger partial charge in [-0.3, -0.25) is 4.79 Å². The zero-order valence-electron chi connectivity index (χ0n) is 19.3. The number of pyridine rings is 1. The number of carboxylic acids is 1. The van der Waals surface area contributed by atoms with Gasteiger partial charge in [0.25, 0.3) is 5.56 Å². The zero-order chi connectivity index (χ0) is 24.5. The number of nitrogens with one attached hydrogen (secondary N) is 2. The van der Waals surface area contributed by atoms with Crippen molar-refractivity contribution in [1.82, 2.24) is 10.3 Å². The molecule has 1 heterocycles. The first kappa shape index (κ1) is 24.0. The standard InChI is InChI=1S/C29H28N2O4/c32-27(33)20-35-26-13-7-8-21(16-26)18-30-15-14-24-17-25(19-31-29(24)34)28(22-9-3-1-4-10-22)23-11-5-2-6-12-23/h1-13,16-17,19,28,30H,14-15,18,20H2,(H,31,34)(H,32,33). The molecule has 3 aromatic carbocycles. The summed E-state index contributed by atoms with van der Waals surface area (Å²) >= 11 is 0. The van der Waals surface area contributed by atoms with Gasteiger partial charge < -0.3 is 20.1 Å². The van der Waals surface area contributed by atoms with E-state index < -0.39 is 5.97 Å². The number of H-pyrrole nitrogens is 1. The molecule has 0 saturated heterocycles. The summed E-state index contributed by atoms with van der Waals surface area (Å²) in [5.41, 5.74) is 4.99. The molecule has 0 saturated carbocycles. The summed E-state index contributed by atoms with van der Waals surface area (Å²) in [7, 11) is 0. The average Bonchev–Trinajstić information content (AvgIpc) is 2.89. The van der Waals surface area contributed by atoms with Crippen LogP contribution in [0.3, 0.4) is 0 Å². The number of hydrogen-bond donors (Lipinski definition) is 3. The fraction of sp³-hybridized carbons (Fsp3) is 0.172. The molecule has 4 aromatic rings. The highest BCUT2D eigenvalue weighted by Crippen LogP contribution is 2.31. The number of aromatic amines is 1. The monoisotopic (exact) mass is 468 g/mol. The van der Waals surface area contributed by atoms with Gasteiger partial charge in [0.1, 0.15) is 5.75 Å². The average molecular weight is 469 g/mol. The van der Waals surface area contributed by atoms with Crippen LogP contribution >= 0.6 is 0 Å². The van der Waals surface area contributed by atoms with Crippen molar-refractivity contribution in [1.29, 1.82) is 0 Å². The van der Waals surface area contributed by atoms with E-state index in [1.54, 1.807) is 6.07 Å². The van der Waals surface area contributed by atoms with E-state index in [-0.39, 0.29) is 18.1 Å². The molecule has 1 aromatic heterocycles. The summed E-state index contributed by atoms with van der Waals surface area (Å²) < 4.78 is 5.24.